The lowest BCUT2D eigenvalue weighted by atomic mass is 10.1. The van der Waals surface area contributed by atoms with Crippen LogP contribution in [0.2, 0.25) is 0 Å². The van der Waals surface area contributed by atoms with Gasteiger partial charge in [-0.05, 0) is 24.1 Å². The summed E-state index contributed by atoms with van der Waals surface area (Å²) in [4.78, 5) is 19.7. The van der Waals surface area contributed by atoms with Crippen LogP contribution in [0.3, 0.4) is 0 Å². The van der Waals surface area contributed by atoms with Crippen LogP contribution in [-0.4, -0.2) is 22.9 Å². The summed E-state index contributed by atoms with van der Waals surface area (Å²) in [6.45, 7) is 0. The third kappa shape index (κ3) is 3.13. The number of carbonyl (C=O) groups is 1. The average Bonchev–Trinajstić information content (AvgIpc) is 2.46. The lowest BCUT2D eigenvalue weighted by Gasteiger charge is -2.03. The summed E-state index contributed by atoms with van der Waals surface area (Å²) < 4.78 is 5.08. The topological polar surface area (TPSA) is 52.1 Å². The number of hydrogen-bond acceptors (Lipinski definition) is 4. The first-order valence-electron chi connectivity index (χ1n) is 5.72. The van der Waals surface area contributed by atoms with E-state index in [1.165, 1.54) is 12.4 Å². The van der Waals surface area contributed by atoms with E-state index in [-0.39, 0.29) is 5.78 Å². The number of aromatic nitrogens is 2. The molecule has 0 spiro atoms. The summed E-state index contributed by atoms with van der Waals surface area (Å²) in [6, 6.07) is 7.70. The zero-order chi connectivity index (χ0) is 12.8. The molecule has 0 saturated carbocycles. The van der Waals surface area contributed by atoms with Crippen LogP contribution in [-0.2, 0) is 6.42 Å². The smallest absolute Gasteiger partial charge is 0.183 e. The van der Waals surface area contributed by atoms with Crippen molar-refractivity contribution in [3.8, 4) is 5.75 Å². The van der Waals surface area contributed by atoms with Crippen molar-refractivity contribution in [2.75, 3.05) is 7.11 Å². The SMILES string of the molecule is COc1ccc(CCC(=O)c2cnccn2)cc1. The first kappa shape index (κ1) is 12.2. The summed E-state index contributed by atoms with van der Waals surface area (Å²) in [7, 11) is 1.63. The largest absolute Gasteiger partial charge is 0.497 e. The third-order valence-corrected chi connectivity index (χ3v) is 2.65. The van der Waals surface area contributed by atoms with Crippen molar-refractivity contribution in [2.24, 2.45) is 0 Å². The molecule has 0 N–H and O–H groups in total. The van der Waals surface area contributed by atoms with Gasteiger partial charge in [-0.1, -0.05) is 12.1 Å². The van der Waals surface area contributed by atoms with Crippen molar-refractivity contribution in [1.82, 2.24) is 9.97 Å². The van der Waals surface area contributed by atoms with Crippen molar-refractivity contribution in [2.45, 2.75) is 12.8 Å². The second-order valence-corrected chi connectivity index (χ2v) is 3.86. The maximum atomic E-state index is 11.8. The standard InChI is InChI=1S/C14H14N2O2/c1-18-12-5-2-11(3-6-12)4-7-14(17)13-10-15-8-9-16-13/h2-3,5-6,8-10H,4,7H2,1H3. The molecule has 1 heterocycles. The van der Waals surface area contributed by atoms with E-state index in [1.54, 1.807) is 13.3 Å². The zero-order valence-corrected chi connectivity index (χ0v) is 10.2. The van der Waals surface area contributed by atoms with Crippen LogP contribution in [0.15, 0.2) is 42.9 Å². The van der Waals surface area contributed by atoms with E-state index in [0.29, 0.717) is 18.5 Å². The minimum atomic E-state index is 0.0129. The highest BCUT2D eigenvalue weighted by Crippen LogP contribution is 2.13. The maximum absolute atomic E-state index is 11.8. The van der Waals surface area contributed by atoms with Gasteiger partial charge in [0, 0.05) is 18.8 Å². The van der Waals surface area contributed by atoms with Crippen molar-refractivity contribution in [1.29, 1.82) is 0 Å². The summed E-state index contributed by atoms with van der Waals surface area (Å²) in [5, 5.41) is 0. The minimum Gasteiger partial charge on any atom is -0.497 e. The number of ether oxygens (including phenoxy) is 1. The molecule has 0 bridgehead atoms. The highest BCUT2D eigenvalue weighted by Gasteiger charge is 2.07. The van der Waals surface area contributed by atoms with Crippen LogP contribution in [0.4, 0.5) is 0 Å². The number of methoxy groups -OCH3 is 1. The molecule has 92 valence electrons. The second kappa shape index (κ2) is 5.91. The summed E-state index contributed by atoms with van der Waals surface area (Å²) in [5.74, 6) is 0.831. The fraction of sp³-hybridized carbons (Fsp3) is 0.214. The molecule has 0 amide bonds. The predicted octanol–water partition coefficient (Wildman–Crippen LogP) is 2.30. The first-order valence-corrected chi connectivity index (χ1v) is 5.72. The first-order chi connectivity index (χ1) is 8.79. The quantitative estimate of drug-likeness (QED) is 0.755. The van der Waals surface area contributed by atoms with Gasteiger partial charge >= 0.3 is 0 Å². The Morgan fingerprint density at radius 3 is 2.61 bits per heavy atom. The van der Waals surface area contributed by atoms with Gasteiger partial charge < -0.3 is 4.74 Å². The Balaban J connectivity index is 1.93. The average molecular weight is 242 g/mol. The number of hydrogen-bond donors (Lipinski definition) is 0. The van der Waals surface area contributed by atoms with E-state index in [9.17, 15) is 4.79 Å². The molecule has 0 saturated heterocycles. The summed E-state index contributed by atoms with van der Waals surface area (Å²) in [6.07, 6.45) is 5.71. The molecule has 4 heteroatoms. The van der Waals surface area contributed by atoms with Gasteiger partial charge in [0.2, 0.25) is 0 Å². The number of benzene rings is 1. The normalized spacial score (nSPS) is 10.1. The van der Waals surface area contributed by atoms with E-state index < -0.39 is 0 Å². The van der Waals surface area contributed by atoms with Crippen molar-refractivity contribution < 1.29 is 9.53 Å². The highest BCUT2D eigenvalue weighted by molar-refractivity contribution is 5.93. The lowest BCUT2D eigenvalue weighted by molar-refractivity contribution is 0.0977. The molecule has 0 atom stereocenters. The van der Waals surface area contributed by atoms with Crippen molar-refractivity contribution in [3.63, 3.8) is 0 Å². The molecular weight excluding hydrogens is 228 g/mol. The van der Waals surface area contributed by atoms with Gasteiger partial charge in [0.05, 0.1) is 13.3 Å². The van der Waals surface area contributed by atoms with Gasteiger partial charge in [-0.25, -0.2) is 4.98 Å². The van der Waals surface area contributed by atoms with E-state index in [0.717, 1.165) is 11.3 Å². The third-order valence-electron chi connectivity index (χ3n) is 2.65. The molecule has 1 aromatic heterocycles. The number of Topliss-reactive ketones (excluding diaryl/α,β-unsaturated/α-hetero) is 1. The van der Waals surface area contributed by atoms with Crippen LogP contribution in [0, 0.1) is 0 Å². The fourth-order valence-corrected chi connectivity index (χ4v) is 1.62. The Morgan fingerprint density at radius 1 is 1.22 bits per heavy atom. The van der Waals surface area contributed by atoms with Gasteiger partial charge in [0.1, 0.15) is 11.4 Å². The Hall–Kier alpha value is -2.23. The molecule has 2 aromatic rings. The second-order valence-electron chi connectivity index (χ2n) is 3.86. The van der Waals surface area contributed by atoms with Gasteiger partial charge in [-0.3, -0.25) is 9.78 Å². The molecule has 0 aliphatic carbocycles. The van der Waals surface area contributed by atoms with Gasteiger partial charge in [-0.2, -0.15) is 0 Å². The molecule has 0 fully saturated rings. The molecule has 0 aliphatic rings. The number of nitrogens with zero attached hydrogens (tertiary/aromatic N) is 2. The van der Waals surface area contributed by atoms with Gasteiger partial charge in [0.15, 0.2) is 5.78 Å². The van der Waals surface area contributed by atoms with Crippen LogP contribution in [0.25, 0.3) is 0 Å². The molecule has 1 aromatic carbocycles. The molecule has 0 radical (unpaired) electrons. The van der Waals surface area contributed by atoms with Crippen LogP contribution in [0.5, 0.6) is 5.75 Å². The molecule has 18 heavy (non-hydrogen) atoms. The maximum Gasteiger partial charge on any atom is 0.183 e. The number of ketones is 1. The van der Waals surface area contributed by atoms with Gasteiger partial charge in [0.25, 0.3) is 0 Å². The van der Waals surface area contributed by atoms with E-state index >= 15 is 0 Å². The van der Waals surface area contributed by atoms with Crippen LogP contribution in [0.1, 0.15) is 22.5 Å². The molecule has 0 unspecified atom stereocenters. The van der Waals surface area contributed by atoms with E-state index in [2.05, 4.69) is 9.97 Å². The Labute approximate surface area is 106 Å². The Kier molecular flexibility index (Phi) is 4.02. The van der Waals surface area contributed by atoms with Crippen molar-refractivity contribution in [3.05, 3.63) is 54.1 Å². The lowest BCUT2D eigenvalue weighted by Crippen LogP contribution is -2.04. The predicted molar refractivity (Wildman–Crippen MR) is 67.7 cm³/mol. The minimum absolute atomic E-state index is 0.0129. The number of aryl methyl sites for hydroxylation is 1. The Morgan fingerprint density at radius 2 is 2.00 bits per heavy atom. The molecule has 2 rings (SSSR count). The van der Waals surface area contributed by atoms with Crippen LogP contribution >= 0.6 is 0 Å². The van der Waals surface area contributed by atoms with Crippen molar-refractivity contribution >= 4 is 5.78 Å². The summed E-state index contributed by atoms with van der Waals surface area (Å²) in [5.41, 5.74) is 1.53. The molecule has 0 aliphatic heterocycles. The van der Waals surface area contributed by atoms with E-state index in [1.807, 2.05) is 24.3 Å². The fourth-order valence-electron chi connectivity index (χ4n) is 1.62. The van der Waals surface area contributed by atoms with Gasteiger partial charge in [-0.15, -0.1) is 0 Å². The molecular formula is C14H14N2O2. The number of rotatable bonds is 5. The Bertz CT molecular complexity index is 509. The monoisotopic (exact) mass is 242 g/mol. The number of carbonyl (C=O) groups excluding carboxylic acids is 1. The summed E-state index contributed by atoms with van der Waals surface area (Å²) >= 11 is 0. The van der Waals surface area contributed by atoms with E-state index in [4.69, 9.17) is 4.74 Å². The van der Waals surface area contributed by atoms with Crippen LogP contribution < -0.4 is 4.74 Å². The zero-order valence-electron chi connectivity index (χ0n) is 10.2. The molecule has 4 nitrogen and oxygen atoms in total. The highest BCUT2D eigenvalue weighted by atomic mass is 16.5.